The van der Waals surface area contributed by atoms with Crippen LogP contribution in [0.25, 0.3) is 0 Å². The number of fused-ring (bicyclic) bond motifs is 1. The molecule has 0 atom stereocenters. The third kappa shape index (κ3) is 2.26. The highest BCUT2D eigenvalue weighted by atomic mass is 16.5. The van der Waals surface area contributed by atoms with Crippen molar-refractivity contribution in [2.24, 2.45) is 0 Å². The molecule has 1 aromatic carbocycles. The van der Waals surface area contributed by atoms with Crippen molar-refractivity contribution >= 4 is 6.29 Å². The Morgan fingerprint density at radius 2 is 2.00 bits per heavy atom. The molecule has 1 aromatic rings. The number of aryl methyl sites for hydroxylation is 1. The second-order valence-electron chi connectivity index (χ2n) is 4.65. The van der Waals surface area contributed by atoms with Crippen LogP contribution in [0.15, 0.2) is 12.1 Å². The van der Waals surface area contributed by atoms with Crippen molar-refractivity contribution in [3.63, 3.8) is 0 Å². The summed E-state index contributed by atoms with van der Waals surface area (Å²) in [5.41, 5.74) is 3.34. The van der Waals surface area contributed by atoms with Gasteiger partial charge in [-0.2, -0.15) is 0 Å². The van der Waals surface area contributed by atoms with E-state index in [9.17, 15) is 4.79 Å². The quantitative estimate of drug-likeness (QED) is 0.728. The second kappa shape index (κ2) is 4.69. The van der Waals surface area contributed by atoms with Crippen molar-refractivity contribution in [1.82, 2.24) is 0 Å². The highest BCUT2D eigenvalue weighted by molar-refractivity contribution is 5.76. The Morgan fingerprint density at radius 1 is 1.25 bits per heavy atom. The summed E-state index contributed by atoms with van der Waals surface area (Å²) >= 11 is 0. The van der Waals surface area contributed by atoms with Gasteiger partial charge in [0.2, 0.25) is 0 Å². The van der Waals surface area contributed by atoms with Gasteiger partial charge in [-0.3, -0.25) is 4.79 Å². The Kier molecular flexibility index (Phi) is 3.28. The van der Waals surface area contributed by atoms with Gasteiger partial charge in [-0.15, -0.1) is 0 Å². The van der Waals surface area contributed by atoms with Crippen molar-refractivity contribution < 1.29 is 9.53 Å². The fourth-order valence-electron chi connectivity index (χ4n) is 2.28. The van der Waals surface area contributed by atoms with E-state index in [0.29, 0.717) is 0 Å². The third-order valence-corrected chi connectivity index (χ3v) is 2.95. The van der Waals surface area contributed by atoms with Gasteiger partial charge in [0, 0.05) is 5.56 Å². The number of carbonyl (C=O) groups is 1. The third-order valence-electron chi connectivity index (χ3n) is 2.95. The molecule has 0 saturated carbocycles. The molecular formula is C14H18O2. The summed E-state index contributed by atoms with van der Waals surface area (Å²) in [6.45, 7) is 4.03. The summed E-state index contributed by atoms with van der Waals surface area (Å²) in [6, 6.07) is 3.88. The molecule has 0 aromatic heterocycles. The van der Waals surface area contributed by atoms with Gasteiger partial charge in [-0.05, 0) is 62.8 Å². The number of benzene rings is 1. The Labute approximate surface area is 96.6 Å². The highest BCUT2D eigenvalue weighted by Gasteiger charge is 2.16. The van der Waals surface area contributed by atoms with Crippen molar-refractivity contribution in [3.05, 3.63) is 28.8 Å². The van der Waals surface area contributed by atoms with E-state index in [4.69, 9.17) is 4.74 Å². The molecule has 0 amide bonds. The molecule has 0 saturated heterocycles. The molecule has 2 nitrogen and oxygen atoms in total. The highest BCUT2D eigenvalue weighted by Crippen LogP contribution is 2.31. The van der Waals surface area contributed by atoms with Crippen molar-refractivity contribution in [3.8, 4) is 5.75 Å². The fraction of sp³-hybridized carbons (Fsp3) is 0.500. The molecule has 16 heavy (non-hydrogen) atoms. The van der Waals surface area contributed by atoms with Crippen LogP contribution in [0, 0.1) is 0 Å². The summed E-state index contributed by atoms with van der Waals surface area (Å²) < 4.78 is 5.80. The monoisotopic (exact) mass is 218 g/mol. The first-order valence-corrected chi connectivity index (χ1v) is 5.98. The van der Waals surface area contributed by atoms with E-state index in [-0.39, 0.29) is 6.10 Å². The van der Waals surface area contributed by atoms with E-state index in [1.807, 2.05) is 26.0 Å². The molecule has 86 valence electrons. The number of hydrogen-bond donors (Lipinski definition) is 0. The van der Waals surface area contributed by atoms with Crippen LogP contribution in [0.3, 0.4) is 0 Å². The van der Waals surface area contributed by atoms with Gasteiger partial charge in [-0.1, -0.05) is 0 Å². The fourth-order valence-corrected chi connectivity index (χ4v) is 2.28. The van der Waals surface area contributed by atoms with E-state index >= 15 is 0 Å². The predicted molar refractivity (Wildman–Crippen MR) is 64.2 cm³/mol. The topological polar surface area (TPSA) is 26.3 Å². The summed E-state index contributed by atoms with van der Waals surface area (Å²) in [4.78, 5) is 10.9. The molecular weight excluding hydrogens is 200 g/mol. The van der Waals surface area contributed by atoms with Gasteiger partial charge in [0.1, 0.15) is 12.0 Å². The Bertz CT molecular complexity index is 394. The van der Waals surface area contributed by atoms with Crippen molar-refractivity contribution in [2.45, 2.75) is 45.6 Å². The number of hydrogen-bond acceptors (Lipinski definition) is 2. The van der Waals surface area contributed by atoms with Gasteiger partial charge < -0.3 is 4.74 Å². The van der Waals surface area contributed by atoms with Crippen LogP contribution in [0.2, 0.25) is 0 Å². The standard InChI is InChI=1S/C14H18O2/c1-10(2)16-14-8-11(9-15)7-12-5-3-4-6-13(12)14/h7-10H,3-6H2,1-2H3. The van der Waals surface area contributed by atoms with Crippen LogP contribution in [-0.4, -0.2) is 12.4 Å². The minimum Gasteiger partial charge on any atom is -0.491 e. The zero-order valence-electron chi connectivity index (χ0n) is 9.95. The Morgan fingerprint density at radius 3 is 2.69 bits per heavy atom. The van der Waals surface area contributed by atoms with E-state index in [1.165, 1.54) is 24.0 Å². The SMILES string of the molecule is CC(C)Oc1cc(C=O)cc2c1CCCC2. The van der Waals surface area contributed by atoms with Crippen molar-refractivity contribution in [2.75, 3.05) is 0 Å². The van der Waals surface area contributed by atoms with Gasteiger partial charge in [0.15, 0.2) is 0 Å². The first-order chi connectivity index (χ1) is 7.70. The molecule has 0 spiro atoms. The molecule has 0 fully saturated rings. The first-order valence-electron chi connectivity index (χ1n) is 5.98. The summed E-state index contributed by atoms with van der Waals surface area (Å²) in [7, 11) is 0. The largest absolute Gasteiger partial charge is 0.491 e. The molecule has 1 aliphatic carbocycles. The lowest BCUT2D eigenvalue weighted by molar-refractivity contribution is 0.112. The second-order valence-corrected chi connectivity index (χ2v) is 4.65. The molecule has 0 unspecified atom stereocenters. The minimum atomic E-state index is 0.160. The summed E-state index contributed by atoms with van der Waals surface area (Å²) in [5.74, 6) is 0.911. The van der Waals surface area contributed by atoms with Crippen LogP contribution >= 0.6 is 0 Å². The number of ether oxygens (including phenoxy) is 1. The van der Waals surface area contributed by atoms with Gasteiger partial charge in [0.25, 0.3) is 0 Å². The normalized spacial score (nSPS) is 14.7. The lowest BCUT2D eigenvalue weighted by atomic mass is 9.89. The molecule has 0 N–H and O–H groups in total. The van der Waals surface area contributed by atoms with Crippen LogP contribution < -0.4 is 4.74 Å². The molecule has 0 heterocycles. The molecule has 0 aliphatic heterocycles. The maximum atomic E-state index is 10.9. The number of aldehydes is 1. The lowest BCUT2D eigenvalue weighted by Gasteiger charge is -2.21. The lowest BCUT2D eigenvalue weighted by Crippen LogP contribution is -2.12. The van der Waals surface area contributed by atoms with E-state index in [1.54, 1.807) is 0 Å². The van der Waals surface area contributed by atoms with E-state index < -0.39 is 0 Å². The van der Waals surface area contributed by atoms with Crippen LogP contribution in [0.5, 0.6) is 5.75 Å². The maximum absolute atomic E-state index is 10.9. The maximum Gasteiger partial charge on any atom is 0.150 e. The van der Waals surface area contributed by atoms with E-state index in [0.717, 1.165) is 30.4 Å². The van der Waals surface area contributed by atoms with Crippen molar-refractivity contribution in [1.29, 1.82) is 0 Å². The summed E-state index contributed by atoms with van der Waals surface area (Å²) in [6.07, 6.45) is 5.66. The Hall–Kier alpha value is -1.31. The molecule has 0 radical (unpaired) electrons. The zero-order chi connectivity index (χ0) is 11.5. The average molecular weight is 218 g/mol. The smallest absolute Gasteiger partial charge is 0.150 e. The first kappa shape index (κ1) is 11.2. The molecule has 1 aliphatic rings. The molecule has 2 rings (SSSR count). The van der Waals surface area contributed by atoms with Crippen LogP contribution in [0.4, 0.5) is 0 Å². The van der Waals surface area contributed by atoms with Gasteiger partial charge in [0.05, 0.1) is 6.10 Å². The summed E-state index contributed by atoms with van der Waals surface area (Å²) in [5, 5.41) is 0. The molecule has 2 heteroatoms. The van der Waals surface area contributed by atoms with Gasteiger partial charge >= 0.3 is 0 Å². The number of rotatable bonds is 3. The van der Waals surface area contributed by atoms with Gasteiger partial charge in [-0.25, -0.2) is 0 Å². The van der Waals surface area contributed by atoms with Crippen LogP contribution in [-0.2, 0) is 12.8 Å². The predicted octanol–water partition coefficient (Wildman–Crippen LogP) is 3.17. The van der Waals surface area contributed by atoms with Crippen LogP contribution in [0.1, 0.15) is 48.2 Å². The minimum absolute atomic E-state index is 0.160. The zero-order valence-corrected chi connectivity index (χ0v) is 9.95. The molecule has 0 bridgehead atoms. The average Bonchev–Trinajstić information content (AvgIpc) is 2.28. The number of carbonyl (C=O) groups excluding carboxylic acids is 1. The Balaban J connectivity index is 2.43. The van der Waals surface area contributed by atoms with E-state index in [2.05, 4.69) is 0 Å².